The zero-order chi connectivity index (χ0) is 18.4. The second-order valence-electron chi connectivity index (χ2n) is 6.63. The van der Waals surface area contributed by atoms with Gasteiger partial charge in [-0.05, 0) is 43.2 Å². The van der Waals surface area contributed by atoms with E-state index in [0.717, 1.165) is 12.8 Å². The van der Waals surface area contributed by atoms with Crippen LogP contribution < -0.4 is 5.32 Å². The molecule has 1 amide bonds. The lowest BCUT2D eigenvalue weighted by Crippen LogP contribution is -2.36. The minimum Gasteiger partial charge on any atom is -0.389 e. The van der Waals surface area contributed by atoms with Gasteiger partial charge in [-0.2, -0.15) is 5.10 Å². The number of carbonyl (C=O) groups excluding carboxylic acids is 1. The van der Waals surface area contributed by atoms with Crippen molar-refractivity contribution < 1.29 is 19.0 Å². The lowest BCUT2D eigenvalue weighted by Gasteiger charge is -2.23. The smallest absolute Gasteiger partial charge is 0.269 e. The Morgan fingerprint density at radius 2 is 2.04 bits per heavy atom. The van der Waals surface area contributed by atoms with Gasteiger partial charge in [-0.1, -0.05) is 19.3 Å². The SMILES string of the molecule is O=C(NC[C@H](O)COC1CCCCC1)c1cc(-c2ccc(F)cc2)n[nH]1. The molecule has 3 N–H and O–H groups in total. The minimum atomic E-state index is -0.750. The molecule has 7 heteroatoms. The highest BCUT2D eigenvalue weighted by molar-refractivity contribution is 5.93. The molecule has 2 aromatic rings. The number of halogens is 1. The van der Waals surface area contributed by atoms with Crippen molar-refractivity contribution in [3.05, 3.63) is 41.8 Å². The summed E-state index contributed by atoms with van der Waals surface area (Å²) >= 11 is 0. The Morgan fingerprint density at radius 3 is 2.77 bits per heavy atom. The Bertz CT molecular complexity index is 711. The number of ether oxygens (including phenoxy) is 1. The number of benzene rings is 1. The zero-order valence-electron chi connectivity index (χ0n) is 14.6. The van der Waals surface area contributed by atoms with Crippen molar-refractivity contribution in [1.82, 2.24) is 15.5 Å². The highest BCUT2D eigenvalue weighted by atomic mass is 19.1. The highest BCUT2D eigenvalue weighted by Crippen LogP contribution is 2.20. The Balaban J connectivity index is 1.45. The minimum absolute atomic E-state index is 0.108. The van der Waals surface area contributed by atoms with Crippen LogP contribution in [0.25, 0.3) is 11.3 Å². The number of hydrogen-bond acceptors (Lipinski definition) is 4. The molecule has 0 unspecified atom stereocenters. The molecular formula is C19H24FN3O3. The zero-order valence-corrected chi connectivity index (χ0v) is 14.6. The lowest BCUT2D eigenvalue weighted by molar-refractivity contribution is -0.0225. The third kappa shape index (κ3) is 5.12. The largest absolute Gasteiger partial charge is 0.389 e. The summed E-state index contributed by atoms with van der Waals surface area (Å²) in [6.07, 6.45) is 5.16. The van der Waals surface area contributed by atoms with Gasteiger partial charge in [0.25, 0.3) is 5.91 Å². The molecule has 1 aliphatic carbocycles. The molecule has 26 heavy (non-hydrogen) atoms. The number of hydrogen-bond donors (Lipinski definition) is 3. The summed E-state index contributed by atoms with van der Waals surface area (Å²) in [5.74, 6) is -0.686. The molecule has 1 fully saturated rings. The summed E-state index contributed by atoms with van der Waals surface area (Å²) in [5.41, 5.74) is 1.55. The Morgan fingerprint density at radius 1 is 1.31 bits per heavy atom. The molecule has 1 aliphatic rings. The number of aromatic nitrogens is 2. The fraction of sp³-hybridized carbons (Fsp3) is 0.474. The predicted octanol–water partition coefficient (Wildman–Crippen LogP) is 2.66. The first kappa shape index (κ1) is 18.5. The van der Waals surface area contributed by atoms with Crippen molar-refractivity contribution in [3.63, 3.8) is 0 Å². The summed E-state index contributed by atoms with van der Waals surface area (Å²) in [6.45, 7) is 0.325. The van der Waals surface area contributed by atoms with E-state index in [2.05, 4.69) is 15.5 Å². The number of aliphatic hydroxyl groups is 1. The molecule has 0 saturated heterocycles. The van der Waals surface area contributed by atoms with Gasteiger partial charge in [0.05, 0.1) is 24.5 Å². The van der Waals surface area contributed by atoms with Crippen LogP contribution in [0.2, 0.25) is 0 Å². The van der Waals surface area contributed by atoms with Crippen LogP contribution in [0.1, 0.15) is 42.6 Å². The summed E-state index contributed by atoms with van der Waals surface area (Å²) < 4.78 is 18.7. The van der Waals surface area contributed by atoms with E-state index in [0.29, 0.717) is 11.3 Å². The summed E-state index contributed by atoms with van der Waals surface area (Å²) in [5, 5.41) is 19.4. The Labute approximate surface area is 151 Å². The highest BCUT2D eigenvalue weighted by Gasteiger charge is 2.17. The van der Waals surface area contributed by atoms with Crippen LogP contribution >= 0.6 is 0 Å². The van der Waals surface area contributed by atoms with Crippen LogP contribution in [-0.4, -0.2) is 46.6 Å². The van der Waals surface area contributed by atoms with Gasteiger partial charge in [-0.15, -0.1) is 0 Å². The third-order valence-corrected chi connectivity index (χ3v) is 4.54. The molecule has 140 valence electrons. The van der Waals surface area contributed by atoms with Crippen LogP contribution in [0.15, 0.2) is 30.3 Å². The van der Waals surface area contributed by atoms with Crippen LogP contribution in [0.5, 0.6) is 0 Å². The normalized spacial score (nSPS) is 16.4. The van der Waals surface area contributed by atoms with E-state index >= 15 is 0 Å². The van der Waals surface area contributed by atoms with Crippen molar-refractivity contribution in [3.8, 4) is 11.3 Å². The van der Waals surface area contributed by atoms with E-state index in [1.54, 1.807) is 18.2 Å². The lowest BCUT2D eigenvalue weighted by atomic mass is 9.98. The molecule has 3 rings (SSSR count). The van der Waals surface area contributed by atoms with E-state index in [9.17, 15) is 14.3 Å². The van der Waals surface area contributed by atoms with E-state index in [-0.39, 0.29) is 36.7 Å². The second kappa shape index (κ2) is 8.91. The van der Waals surface area contributed by atoms with Crippen molar-refractivity contribution in [2.45, 2.75) is 44.3 Å². The molecule has 0 aliphatic heterocycles. The van der Waals surface area contributed by atoms with Gasteiger partial charge in [0.1, 0.15) is 11.5 Å². The molecule has 1 heterocycles. The maximum Gasteiger partial charge on any atom is 0.269 e. The summed E-state index contributed by atoms with van der Waals surface area (Å²) in [6, 6.07) is 7.46. The van der Waals surface area contributed by atoms with Gasteiger partial charge in [0.2, 0.25) is 0 Å². The average molecular weight is 361 g/mol. The van der Waals surface area contributed by atoms with Crippen LogP contribution in [0.4, 0.5) is 4.39 Å². The number of carbonyl (C=O) groups is 1. The first-order valence-electron chi connectivity index (χ1n) is 9.01. The molecule has 0 radical (unpaired) electrons. The maximum absolute atomic E-state index is 13.0. The van der Waals surface area contributed by atoms with Crippen LogP contribution in [0.3, 0.4) is 0 Å². The van der Waals surface area contributed by atoms with E-state index in [1.807, 2.05) is 0 Å². The maximum atomic E-state index is 13.0. The van der Waals surface area contributed by atoms with Gasteiger partial charge in [0.15, 0.2) is 0 Å². The molecule has 6 nitrogen and oxygen atoms in total. The van der Waals surface area contributed by atoms with Gasteiger partial charge in [-0.3, -0.25) is 9.89 Å². The average Bonchev–Trinajstić information content (AvgIpc) is 3.16. The number of nitrogens with one attached hydrogen (secondary N) is 2. The van der Waals surface area contributed by atoms with E-state index in [1.165, 1.54) is 31.4 Å². The number of aliphatic hydroxyl groups excluding tert-OH is 1. The second-order valence-corrected chi connectivity index (χ2v) is 6.63. The van der Waals surface area contributed by atoms with Crippen molar-refractivity contribution in [2.24, 2.45) is 0 Å². The number of amides is 1. The number of rotatable bonds is 7. The molecule has 1 aromatic carbocycles. The molecule has 1 aromatic heterocycles. The Kier molecular flexibility index (Phi) is 6.35. The first-order valence-corrected chi connectivity index (χ1v) is 9.01. The number of aromatic amines is 1. The molecule has 1 atom stereocenters. The molecule has 0 bridgehead atoms. The van der Waals surface area contributed by atoms with Crippen molar-refractivity contribution >= 4 is 5.91 Å². The number of nitrogens with zero attached hydrogens (tertiary/aromatic N) is 1. The first-order chi connectivity index (χ1) is 12.6. The summed E-state index contributed by atoms with van der Waals surface area (Å²) in [7, 11) is 0. The Hall–Kier alpha value is -2.25. The van der Waals surface area contributed by atoms with Crippen molar-refractivity contribution in [2.75, 3.05) is 13.2 Å². The topological polar surface area (TPSA) is 87.2 Å². The van der Waals surface area contributed by atoms with Gasteiger partial charge in [-0.25, -0.2) is 4.39 Å². The standard InChI is InChI=1S/C19H24FN3O3/c20-14-8-6-13(7-9-14)17-10-18(23-22-17)19(25)21-11-15(24)12-26-16-4-2-1-3-5-16/h6-10,15-16,24H,1-5,11-12H2,(H,21,25)(H,22,23)/t15-/m0/s1. The van der Waals surface area contributed by atoms with Gasteiger partial charge in [0, 0.05) is 12.1 Å². The van der Waals surface area contributed by atoms with E-state index < -0.39 is 6.10 Å². The van der Waals surface area contributed by atoms with Crippen LogP contribution in [0, 0.1) is 5.82 Å². The molecule has 0 spiro atoms. The third-order valence-electron chi connectivity index (χ3n) is 4.54. The van der Waals surface area contributed by atoms with Gasteiger partial charge < -0.3 is 15.2 Å². The van der Waals surface area contributed by atoms with Gasteiger partial charge >= 0.3 is 0 Å². The molecule has 1 saturated carbocycles. The fourth-order valence-corrected chi connectivity index (χ4v) is 3.05. The fourth-order valence-electron chi connectivity index (χ4n) is 3.05. The monoisotopic (exact) mass is 361 g/mol. The van der Waals surface area contributed by atoms with E-state index in [4.69, 9.17) is 4.74 Å². The summed E-state index contributed by atoms with van der Waals surface area (Å²) in [4.78, 5) is 12.2. The molecular weight excluding hydrogens is 337 g/mol. The predicted molar refractivity (Wildman–Crippen MR) is 95.1 cm³/mol. The quantitative estimate of drug-likeness (QED) is 0.708. The number of H-pyrrole nitrogens is 1. The van der Waals surface area contributed by atoms with Crippen LogP contribution in [-0.2, 0) is 4.74 Å². The van der Waals surface area contributed by atoms with Crippen molar-refractivity contribution in [1.29, 1.82) is 0 Å².